The van der Waals surface area contributed by atoms with E-state index in [0.29, 0.717) is 0 Å². The lowest BCUT2D eigenvalue weighted by atomic mass is 10.4. The van der Waals surface area contributed by atoms with E-state index in [9.17, 15) is 9.59 Å². The summed E-state index contributed by atoms with van der Waals surface area (Å²) in [6.07, 6.45) is 4.12. The number of alkyl halides is 8. The molecule has 2 atom stereocenters. The molecule has 126 valence electrons. The third kappa shape index (κ3) is 10.5. The molecule has 0 saturated carbocycles. The van der Waals surface area contributed by atoms with Crippen LogP contribution in [-0.4, -0.2) is 30.6 Å². The zero-order valence-electron chi connectivity index (χ0n) is 10.1. The smallest absolute Gasteiger partial charge is 0.332 e. The van der Waals surface area contributed by atoms with E-state index in [0.717, 1.165) is 24.3 Å². The maximum absolute atomic E-state index is 11.3. The molecule has 0 aromatic heterocycles. The van der Waals surface area contributed by atoms with Crippen LogP contribution < -0.4 is 0 Å². The second-order valence-corrected chi connectivity index (χ2v) is 8.84. The molecule has 0 aliphatic rings. The average molecular weight is 474 g/mol. The first-order valence-electron chi connectivity index (χ1n) is 5.01. The predicted molar refractivity (Wildman–Crippen MR) is 90.3 cm³/mol. The van der Waals surface area contributed by atoms with Gasteiger partial charge in [-0.1, -0.05) is 105 Å². The van der Waals surface area contributed by atoms with Crippen molar-refractivity contribution < 1.29 is 19.1 Å². The third-order valence-electron chi connectivity index (χ3n) is 1.53. The van der Waals surface area contributed by atoms with Crippen LogP contribution >= 0.6 is 92.8 Å². The molecule has 0 rings (SSSR count). The van der Waals surface area contributed by atoms with Crippen LogP contribution in [0, 0.1) is 0 Å². The molecular weight excluding hydrogens is 468 g/mol. The molecule has 0 aliphatic heterocycles. The van der Waals surface area contributed by atoms with Crippen molar-refractivity contribution in [1.82, 2.24) is 0 Å². The van der Waals surface area contributed by atoms with Crippen LogP contribution in [0.4, 0.5) is 0 Å². The number of esters is 2. The topological polar surface area (TPSA) is 52.6 Å². The average Bonchev–Trinajstić information content (AvgIpc) is 2.32. The van der Waals surface area contributed by atoms with Gasteiger partial charge in [-0.3, -0.25) is 0 Å². The van der Waals surface area contributed by atoms with Gasteiger partial charge in [0.2, 0.25) is 18.7 Å². The van der Waals surface area contributed by atoms with Crippen LogP contribution in [0.25, 0.3) is 0 Å². The molecule has 0 aromatic carbocycles. The van der Waals surface area contributed by atoms with E-state index < -0.39 is 30.6 Å². The first-order valence-corrected chi connectivity index (χ1v) is 8.15. The van der Waals surface area contributed by atoms with Crippen molar-refractivity contribution in [3.63, 3.8) is 0 Å². The van der Waals surface area contributed by atoms with Gasteiger partial charge in [0, 0.05) is 12.2 Å². The second kappa shape index (κ2) is 9.90. The van der Waals surface area contributed by atoms with Gasteiger partial charge in [0.1, 0.15) is 0 Å². The molecule has 0 N–H and O–H groups in total. The van der Waals surface area contributed by atoms with Gasteiger partial charge in [-0.15, -0.1) is 0 Å². The van der Waals surface area contributed by atoms with E-state index in [4.69, 9.17) is 92.8 Å². The molecule has 22 heavy (non-hydrogen) atoms. The van der Waals surface area contributed by atoms with Crippen molar-refractivity contribution in [3.05, 3.63) is 24.3 Å². The highest BCUT2D eigenvalue weighted by molar-refractivity contribution is 6.70. The summed E-state index contributed by atoms with van der Waals surface area (Å²) in [6.45, 7) is 0. The Bertz CT molecular complexity index is 409. The van der Waals surface area contributed by atoms with Crippen molar-refractivity contribution >= 4 is 105 Å². The summed E-state index contributed by atoms with van der Waals surface area (Å²) in [6, 6.07) is 0. The number of hydrogen-bond acceptors (Lipinski definition) is 4. The lowest BCUT2D eigenvalue weighted by Crippen LogP contribution is -2.25. The van der Waals surface area contributed by atoms with Crippen LogP contribution in [-0.2, 0) is 19.1 Å². The van der Waals surface area contributed by atoms with Crippen LogP contribution in [0.5, 0.6) is 0 Å². The van der Waals surface area contributed by atoms with E-state index in [1.165, 1.54) is 0 Å². The van der Waals surface area contributed by atoms with Crippen LogP contribution in [0.3, 0.4) is 0 Å². The highest BCUT2D eigenvalue weighted by atomic mass is 35.6. The van der Waals surface area contributed by atoms with Crippen LogP contribution in [0.1, 0.15) is 0 Å². The molecule has 0 saturated heterocycles. The highest BCUT2D eigenvalue weighted by Gasteiger charge is 2.34. The summed E-state index contributed by atoms with van der Waals surface area (Å²) in [5, 5.41) is 0. The Morgan fingerprint density at radius 1 is 0.727 bits per heavy atom. The van der Waals surface area contributed by atoms with Crippen molar-refractivity contribution in [1.29, 1.82) is 0 Å². The molecule has 0 aromatic rings. The zero-order valence-corrected chi connectivity index (χ0v) is 16.2. The highest BCUT2D eigenvalue weighted by Crippen LogP contribution is 2.35. The summed E-state index contributed by atoms with van der Waals surface area (Å²) >= 11 is 43.4. The fourth-order valence-electron chi connectivity index (χ4n) is 0.684. The Balaban J connectivity index is 4.32. The Kier molecular flexibility index (Phi) is 10.2. The van der Waals surface area contributed by atoms with E-state index >= 15 is 0 Å². The van der Waals surface area contributed by atoms with Gasteiger partial charge in [-0.25, -0.2) is 9.59 Å². The molecule has 4 nitrogen and oxygen atoms in total. The molecule has 0 fully saturated rings. The first kappa shape index (κ1) is 22.7. The van der Waals surface area contributed by atoms with Crippen molar-refractivity contribution in [3.8, 4) is 0 Å². The van der Waals surface area contributed by atoms with E-state index in [1.807, 2.05) is 0 Å². The number of carbonyl (C=O) groups is 2. The number of carbonyl (C=O) groups excluding carboxylic acids is 2. The normalized spacial score (nSPS) is 15.8. The number of halogens is 8. The van der Waals surface area contributed by atoms with Crippen molar-refractivity contribution in [2.24, 2.45) is 0 Å². The van der Waals surface area contributed by atoms with Gasteiger partial charge in [0.05, 0.1) is 0 Å². The minimum absolute atomic E-state index is 0.902. The van der Waals surface area contributed by atoms with Crippen LogP contribution in [0.15, 0.2) is 24.3 Å². The molecule has 2 unspecified atom stereocenters. The molecule has 0 amide bonds. The maximum atomic E-state index is 11.3. The lowest BCUT2D eigenvalue weighted by molar-refractivity contribution is -0.140. The van der Waals surface area contributed by atoms with Gasteiger partial charge >= 0.3 is 11.9 Å². The Morgan fingerprint density at radius 3 is 1.23 bits per heavy atom. The summed E-state index contributed by atoms with van der Waals surface area (Å²) in [5.41, 5.74) is -2.96. The van der Waals surface area contributed by atoms with Crippen molar-refractivity contribution in [2.45, 2.75) is 18.7 Å². The first-order chi connectivity index (χ1) is 9.84. The molecule has 12 heteroatoms. The Labute approximate surface area is 166 Å². The molecule has 0 spiro atoms. The number of rotatable bonds is 5. The fraction of sp³-hybridized carbons (Fsp3) is 0.400. The molecule has 0 bridgehead atoms. The fourth-order valence-corrected chi connectivity index (χ4v) is 1.13. The number of ether oxygens (including phenoxy) is 2. The van der Waals surface area contributed by atoms with Gasteiger partial charge in [-0.2, -0.15) is 0 Å². The lowest BCUT2D eigenvalue weighted by Gasteiger charge is -2.17. The molecule has 0 aliphatic carbocycles. The zero-order chi connectivity index (χ0) is 17.6. The quantitative estimate of drug-likeness (QED) is 0.242. The summed E-state index contributed by atoms with van der Waals surface area (Å²) in [7, 11) is 0. The molecular formula is C10H6Cl8O4. The molecule has 0 heterocycles. The molecule has 0 radical (unpaired) electrons. The summed E-state index contributed by atoms with van der Waals surface area (Å²) in [4.78, 5) is 22.5. The SMILES string of the molecule is O=C(C=CC=CC(=O)OC(Cl)C(Cl)(Cl)Cl)OC(Cl)C(Cl)(Cl)Cl. The minimum Gasteiger partial charge on any atom is -0.438 e. The third-order valence-corrected chi connectivity index (χ3v) is 4.22. The monoisotopic (exact) mass is 470 g/mol. The van der Waals surface area contributed by atoms with Crippen molar-refractivity contribution in [2.75, 3.05) is 0 Å². The Hall–Kier alpha value is 0.740. The number of hydrogen-bond donors (Lipinski definition) is 0. The summed E-state index contributed by atoms with van der Waals surface area (Å²) < 4.78 is 5.15. The standard InChI is InChI=1S/C10H6Cl8O4/c11-7(9(13,14)15)21-5(19)3-1-2-4-6(20)22-8(12)10(16,17)18/h1-4,7-8H. The largest absolute Gasteiger partial charge is 0.438 e. The van der Waals surface area contributed by atoms with Crippen LogP contribution in [0.2, 0.25) is 0 Å². The van der Waals surface area contributed by atoms with Gasteiger partial charge in [0.25, 0.3) is 0 Å². The van der Waals surface area contributed by atoms with Gasteiger partial charge in [0.15, 0.2) is 0 Å². The van der Waals surface area contributed by atoms with E-state index in [-0.39, 0.29) is 0 Å². The van der Waals surface area contributed by atoms with E-state index in [1.54, 1.807) is 0 Å². The van der Waals surface area contributed by atoms with Gasteiger partial charge in [-0.05, 0) is 0 Å². The maximum Gasteiger partial charge on any atom is 0.332 e. The summed E-state index contributed by atoms with van der Waals surface area (Å²) in [5.74, 6) is -1.80. The second-order valence-electron chi connectivity index (χ2n) is 3.31. The van der Waals surface area contributed by atoms with Gasteiger partial charge < -0.3 is 9.47 Å². The van der Waals surface area contributed by atoms with E-state index in [2.05, 4.69) is 9.47 Å². The minimum atomic E-state index is -1.97. The Morgan fingerprint density at radius 2 is 1.00 bits per heavy atom. The predicted octanol–water partition coefficient (Wildman–Crippen LogP) is 5.06. The number of allylic oxidation sites excluding steroid dienone is 2.